The van der Waals surface area contributed by atoms with E-state index in [0.717, 1.165) is 11.1 Å². The van der Waals surface area contributed by atoms with Gasteiger partial charge in [-0.2, -0.15) is 0 Å². The van der Waals surface area contributed by atoms with Crippen molar-refractivity contribution < 1.29 is 28.7 Å². The molecule has 0 aliphatic rings. The van der Waals surface area contributed by atoms with E-state index in [4.69, 9.17) is 18.9 Å². The lowest BCUT2D eigenvalue weighted by Gasteiger charge is -2.20. The molecule has 3 aromatic rings. The van der Waals surface area contributed by atoms with E-state index in [2.05, 4.69) is 0 Å². The molecule has 190 valence electrons. The van der Waals surface area contributed by atoms with Crippen LogP contribution < -0.4 is 4.74 Å². The topological polar surface area (TPSA) is 97.1 Å². The number of benzene rings is 3. The van der Waals surface area contributed by atoms with Crippen LogP contribution in [0.15, 0.2) is 78.9 Å². The Kier molecular flexibility index (Phi) is 9.55. The van der Waals surface area contributed by atoms with E-state index < -0.39 is 23.0 Å². The summed E-state index contributed by atoms with van der Waals surface area (Å²) in [5.41, 5.74) is 1.47. The van der Waals surface area contributed by atoms with Crippen LogP contribution in [-0.2, 0) is 27.1 Å². The summed E-state index contributed by atoms with van der Waals surface area (Å²) >= 11 is 0. The fourth-order valence-corrected chi connectivity index (χ4v) is 3.37. The highest BCUT2D eigenvalue weighted by atomic mass is 16.7. The van der Waals surface area contributed by atoms with Crippen LogP contribution in [0.25, 0.3) is 0 Å². The molecule has 0 atom stereocenters. The van der Waals surface area contributed by atoms with Gasteiger partial charge in [-0.25, -0.2) is 4.79 Å². The molecule has 0 aliphatic carbocycles. The summed E-state index contributed by atoms with van der Waals surface area (Å²) in [7, 11) is 0. The Hall–Kier alpha value is -3.75. The van der Waals surface area contributed by atoms with Gasteiger partial charge in [-0.05, 0) is 56.9 Å². The van der Waals surface area contributed by atoms with Gasteiger partial charge in [-0.15, -0.1) is 0 Å². The van der Waals surface area contributed by atoms with Crippen LogP contribution in [0.1, 0.15) is 43.8 Å². The Labute approximate surface area is 210 Å². The SMILES string of the molecule is CC(C)(C)OC(=O)Oc1ccc(C(OCCc2ccccc2)OCCc2ccccc2)cc1[N+](=O)[O-]. The van der Waals surface area contributed by atoms with Crippen molar-refractivity contribution >= 4 is 11.8 Å². The quantitative estimate of drug-likeness (QED) is 0.0998. The monoisotopic (exact) mass is 493 g/mol. The number of rotatable bonds is 11. The summed E-state index contributed by atoms with van der Waals surface area (Å²) < 4.78 is 22.3. The second kappa shape index (κ2) is 12.8. The molecule has 0 saturated heterocycles. The standard InChI is InChI=1S/C28H31NO7/c1-28(2,3)36-27(30)35-25-15-14-23(20-24(25)29(31)32)26(33-18-16-21-10-6-4-7-11-21)34-19-17-22-12-8-5-9-13-22/h4-15,20,26H,16-19H2,1-3H3. The largest absolute Gasteiger partial charge is 0.514 e. The molecular weight excluding hydrogens is 462 g/mol. The molecule has 0 heterocycles. The third-order valence-corrected chi connectivity index (χ3v) is 5.04. The Morgan fingerprint density at radius 3 is 1.86 bits per heavy atom. The fraction of sp³-hybridized carbons (Fsp3) is 0.321. The summed E-state index contributed by atoms with van der Waals surface area (Å²) in [6, 6.07) is 24.0. The molecule has 0 aliphatic heterocycles. The van der Waals surface area contributed by atoms with Gasteiger partial charge in [0, 0.05) is 11.6 Å². The van der Waals surface area contributed by atoms with Gasteiger partial charge in [-0.3, -0.25) is 10.1 Å². The van der Waals surface area contributed by atoms with Gasteiger partial charge < -0.3 is 18.9 Å². The first-order valence-corrected chi connectivity index (χ1v) is 11.7. The van der Waals surface area contributed by atoms with Crippen LogP contribution in [0.2, 0.25) is 0 Å². The van der Waals surface area contributed by atoms with Crippen molar-refractivity contribution in [2.75, 3.05) is 13.2 Å². The van der Waals surface area contributed by atoms with Crippen molar-refractivity contribution in [3.05, 3.63) is 106 Å². The molecule has 8 heteroatoms. The van der Waals surface area contributed by atoms with E-state index in [0.29, 0.717) is 31.6 Å². The first kappa shape index (κ1) is 26.8. The zero-order chi connectivity index (χ0) is 26.0. The van der Waals surface area contributed by atoms with E-state index >= 15 is 0 Å². The summed E-state index contributed by atoms with van der Waals surface area (Å²) in [5, 5.41) is 11.8. The lowest BCUT2D eigenvalue weighted by Crippen LogP contribution is -2.26. The van der Waals surface area contributed by atoms with Gasteiger partial charge in [0.15, 0.2) is 6.29 Å². The Morgan fingerprint density at radius 2 is 1.39 bits per heavy atom. The minimum absolute atomic E-state index is 0.217. The minimum Gasteiger partial charge on any atom is -0.428 e. The Bertz CT molecular complexity index is 1080. The second-order valence-corrected chi connectivity index (χ2v) is 9.10. The molecule has 3 aromatic carbocycles. The molecule has 0 unspecified atom stereocenters. The maximum absolute atomic E-state index is 12.1. The van der Waals surface area contributed by atoms with Crippen LogP contribution in [-0.4, -0.2) is 29.9 Å². The highest BCUT2D eigenvalue weighted by Crippen LogP contribution is 2.32. The van der Waals surface area contributed by atoms with Crippen LogP contribution in [0.5, 0.6) is 5.75 Å². The molecule has 8 nitrogen and oxygen atoms in total. The number of carbonyl (C=O) groups excluding carboxylic acids is 1. The van der Waals surface area contributed by atoms with Gasteiger partial charge >= 0.3 is 11.8 Å². The molecular formula is C28H31NO7. The van der Waals surface area contributed by atoms with Crippen molar-refractivity contribution in [3.8, 4) is 5.75 Å². The van der Waals surface area contributed by atoms with Crippen molar-refractivity contribution in [2.45, 2.75) is 45.5 Å². The maximum atomic E-state index is 12.1. The number of hydrogen-bond acceptors (Lipinski definition) is 7. The summed E-state index contributed by atoms with van der Waals surface area (Å²) in [6.45, 7) is 5.73. The third kappa shape index (κ3) is 8.79. The number of hydrogen-bond donors (Lipinski definition) is 0. The summed E-state index contributed by atoms with van der Waals surface area (Å²) in [6.07, 6.45) is -0.553. The molecule has 0 saturated carbocycles. The van der Waals surface area contributed by atoms with Gasteiger partial charge in [0.1, 0.15) is 5.60 Å². The van der Waals surface area contributed by atoms with E-state index in [9.17, 15) is 14.9 Å². The van der Waals surface area contributed by atoms with Crippen molar-refractivity contribution in [3.63, 3.8) is 0 Å². The summed E-state index contributed by atoms with van der Waals surface area (Å²) in [5.74, 6) is -0.217. The number of carbonyl (C=O) groups is 1. The normalized spacial score (nSPS) is 11.3. The predicted molar refractivity (Wildman–Crippen MR) is 135 cm³/mol. The zero-order valence-corrected chi connectivity index (χ0v) is 20.7. The number of nitro groups is 1. The average Bonchev–Trinajstić information content (AvgIpc) is 2.83. The molecule has 3 rings (SSSR count). The van der Waals surface area contributed by atoms with Crippen molar-refractivity contribution in [2.24, 2.45) is 0 Å². The molecule has 0 fully saturated rings. The summed E-state index contributed by atoms with van der Waals surface area (Å²) in [4.78, 5) is 23.2. The first-order chi connectivity index (χ1) is 17.2. The molecule has 0 radical (unpaired) electrons. The highest BCUT2D eigenvalue weighted by Gasteiger charge is 2.25. The third-order valence-electron chi connectivity index (χ3n) is 5.04. The van der Waals surface area contributed by atoms with Gasteiger partial charge in [0.2, 0.25) is 5.75 Å². The maximum Gasteiger partial charge on any atom is 0.514 e. The highest BCUT2D eigenvalue weighted by molar-refractivity contribution is 5.67. The molecule has 0 N–H and O–H groups in total. The fourth-order valence-electron chi connectivity index (χ4n) is 3.37. The molecule has 0 amide bonds. The van der Waals surface area contributed by atoms with Crippen molar-refractivity contribution in [1.29, 1.82) is 0 Å². The average molecular weight is 494 g/mol. The Morgan fingerprint density at radius 1 is 0.861 bits per heavy atom. The number of ether oxygens (including phenoxy) is 4. The lowest BCUT2D eigenvalue weighted by atomic mass is 10.1. The lowest BCUT2D eigenvalue weighted by molar-refractivity contribution is -0.385. The molecule has 36 heavy (non-hydrogen) atoms. The van der Waals surface area contributed by atoms with E-state index in [1.807, 2.05) is 60.7 Å². The van der Waals surface area contributed by atoms with E-state index in [-0.39, 0.29) is 11.4 Å². The van der Waals surface area contributed by atoms with Gasteiger partial charge in [-0.1, -0.05) is 60.7 Å². The van der Waals surface area contributed by atoms with Crippen LogP contribution in [0.4, 0.5) is 10.5 Å². The van der Waals surface area contributed by atoms with Crippen LogP contribution >= 0.6 is 0 Å². The van der Waals surface area contributed by atoms with E-state index in [1.165, 1.54) is 12.1 Å². The number of nitrogens with zero attached hydrogens (tertiary/aromatic N) is 1. The van der Waals surface area contributed by atoms with Gasteiger partial charge in [0.25, 0.3) is 0 Å². The first-order valence-electron chi connectivity index (χ1n) is 11.7. The number of nitro benzene ring substituents is 1. The molecule has 0 aromatic heterocycles. The van der Waals surface area contributed by atoms with Crippen LogP contribution in [0.3, 0.4) is 0 Å². The van der Waals surface area contributed by atoms with E-state index in [1.54, 1.807) is 26.8 Å². The molecule has 0 spiro atoms. The second-order valence-electron chi connectivity index (χ2n) is 9.10. The predicted octanol–water partition coefficient (Wildman–Crippen LogP) is 6.43. The smallest absolute Gasteiger partial charge is 0.428 e. The Balaban J connectivity index is 1.75. The van der Waals surface area contributed by atoms with Crippen molar-refractivity contribution in [1.82, 2.24) is 0 Å². The van der Waals surface area contributed by atoms with Crippen LogP contribution in [0, 0.1) is 10.1 Å². The minimum atomic E-state index is -1.02. The zero-order valence-electron chi connectivity index (χ0n) is 20.7. The molecule has 0 bridgehead atoms. The van der Waals surface area contributed by atoms with Gasteiger partial charge in [0.05, 0.1) is 18.1 Å².